The monoisotopic (exact) mass is 461 g/mol. The van der Waals surface area contributed by atoms with Gasteiger partial charge in [-0.05, 0) is 6.92 Å². The lowest BCUT2D eigenvalue weighted by atomic mass is 9.97. The maximum Gasteiger partial charge on any atom is 0.477 e. The summed E-state index contributed by atoms with van der Waals surface area (Å²) in [7, 11) is -6.32. The lowest BCUT2D eigenvalue weighted by molar-refractivity contribution is -0.457. The molecule has 0 rings (SSSR count). The Balaban J connectivity index is 0. The first kappa shape index (κ1) is 28.4. The van der Waals surface area contributed by atoms with Crippen molar-refractivity contribution in [3.8, 4) is 0 Å². The van der Waals surface area contributed by atoms with Crippen LogP contribution in [0.25, 0.3) is 0 Å². The average Bonchev–Trinajstić information content (AvgIpc) is 2.34. The van der Waals surface area contributed by atoms with Crippen LogP contribution in [0, 0.1) is 0 Å². The van der Waals surface area contributed by atoms with E-state index in [2.05, 4.69) is 9.05 Å². The molecule has 0 aromatic rings. The lowest BCUT2D eigenvalue weighted by Gasteiger charge is -2.39. The minimum absolute atomic E-state index is 0. The number of alkyl halides is 13. The molecule has 0 bridgehead atoms. The molecule has 0 spiro atoms. The number of rotatable bonds is 8. The van der Waals surface area contributed by atoms with Gasteiger partial charge in [0.15, 0.2) is 0 Å². The van der Waals surface area contributed by atoms with Gasteiger partial charge in [-0.1, -0.05) is 0 Å². The molecule has 0 aliphatic rings. The Morgan fingerprint density at radius 1 is 0.741 bits per heavy atom. The van der Waals surface area contributed by atoms with Gasteiger partial charge in [-0.2, -0.15) is 57.1 Å². The van der Waals surface area contributed by atoms with E-state index in [9.17, 15) is 61.6 Å². The first-order chi connectivity index (χ1) is 11.0. The van der Waals surface area contributed by atoms with Crippen LogP contribution in [-0.4, -0.2) is 47.5 Å². The standard InChI is InChI=1S/C8H6F13O4P.H3N/c1-2-24-26(22,23)25-8(20,21)6(15,16)4(11,12)3(9,10)5(13,14)7(17,18)19;/h2H2,1H3,(H,22,23);1H3. The van der Waals surface area contributed by atoms with Gasteiger partial charge in [0.2, 0.25) is 0 Å². The lowest BCUT2D eigenvalue weighted by Crippen LogP contribution is -2.70. The van der Waals surface area contributed by atoms with Crippen molar-refractivity contribution in [2.75, 3.05) is 6.61 Å². The Kier molecular flexibility index (Phi) is 7.91. The maximum atomic E-state index is 13.1. The molecule has 0 aliphatic carbocycles. The highest BCUT2D eigenvalue weighted by atomic mass is 31.2. The second kappa shape index (κ2) is 7.53. The van der Waals surface area contributed by atoms with E-state index in [0.29, 0.717) is 0 Å². The molecule has 0 amide bonds. The number of hydrogen-bond donors (Lipinski definition) is 2. The summed E-state index contributed by atoms with van der Waals surface area (Å²) in [5, 5.41) is 0. The number of halogens is 13. The summed E-state index contributed by atoms with van der Waals surface area (Å²) in [5.74, 6) is -32.0. The fraction of sp³-hybridized carbons (Fsp3) is 1.00. The fourth-order valence-electron chi connectivity index (χ4n) is 1.15. The van der Waals surface area contributed by atoms with Crippen molar-refractivity contribution in [2.24, 2.45) is 0 Å². The number of phosphoric acid groups is 1. The first-order valence-corrected chi connectivity index (χ1v) is 7.15. The van der Waals surface area contributed by atoms with E-state index in [4.69, 9.17) is 4.89 Å². The van der Waals surface area contributed by atoms with Crippen molar-refractivity contribution < 1.29 is 75.6 Å². The van der Waals surface area contributed by atoms with Crippen LogP contribution in [0.5, 0.6) is 0 Å². The number of phosphoric ester groups is 1. The van der Waals surface area contributed by atoms with Gasteiger partial charge in [-0.3, -0.25) is 4.52 Å². The van der Waals surface area contributed by atoms with Gasteiger partial charge in [-0.15, -0.1) is 0 Å². The van der Waals surface area contributed by atoms with Crippen LogP contribution in [0.1, 0.15) is 6.92 Å². The Hall–Kier alpha value is -0.840. The highest BCUT2D eigenvalue weighted by Crippen LogP contribution is 2.62. The molecule has 0 heterocycles. The minimum atomic E-state index is -8.13. The van der Waals surface area contributed by atoms with E-state index in [1.807, 2.05) is 0 Å². The van der Waals surface area contributed by atoms with Crippen LogP contribution in [0.2, 0.25) is 0 Å². The molecule has 5 nitrogen and oxygen atoms in total. The van der Waals surface area contributed by atoms with E-state index in [-0.39, 0.29) is 6.15 Å². The predicted molar refractivity (Wildman–Crippen MR) is 58.3 cm³/mol. The van der Waals surface area contributed by atoms with Crippen molar-refractivity contribution in [2.45, 2.75) is 42.9 Å². The molecule has 0 aliphatic heterocycles. The normalized spacial score (nSPS) is 17.3. The predicted octanol–water partition coefficient (Wildman–Crippen LogP) is 5.00. The topological polar surface area (TPSA) is 90.8 Å². The van der Waals surface area contributed by atoms with Gasteiger partial charge in [0, 0.05) is 0 Å². The molecular weight excluding hydrogens is 452 g/mol. The molecule has 0 saturated heterocycles. The Morgan fingerprint density at radius 3 is 1.37 bits per heavy atom. The quantitative estimate of drug-likeness (QED) is 0.393. The smallest absolute Gasteiger partial charge is 0.344 e. The zero-order valence-electron chi connectivity index (χ0n) is 12.4. The highest BCUT2D eigenvalue weighted by molar-refractivity contribution is 7.47. The van der Waals surface area contributed by atoms with E-state index >= 15 is 0 Å². The third-order valence-corrected chi connectivity index (χ3v) is 3.47. The fourth-order valence-corrected chi connectivity index (χ4v) is 1.93. The average molecular weight is 461 g/mol. The molecule has 27 heavy (non-hydrogen) atoms. The summed E-state index contributed by atoms with van der Waals surface area (Å²) in [6.07, 6.45) is -14.7. The molecule has 0 aromatic carbocycles. The van der Waals surface area contributed by atoms with Gasteiger partial charge in [-0.25, -0.2) is 9.09 Å². The number of hydrogen-bond acceptors (Lipinski definition) is 4. The molecule has 19 heteroatoms. The maximum absolute atomic E-state index is 13.1. The summed E-state index contributed by atoms with van der Waals surface area (Å²) in [4.78, 5) is 8.51. The van der Waals surface area contributed by atoms with Crippen LogP contribution in [0.4, 0.5) is 57.1 Å². The molecule has 0 fully saturated rings. The second-order valence-electron chi connectivity index (χ2n) is 4.29. The van der Waals surface area contributed by atoms with Gasteiger partial charge in [0.05, 0.1) is 6.61 Å². The van der Waals surface area contributed by atoms with E-state index in [1.54, 1.807) is 0 Å². The molecule has 0 radical (unpaired) electrons. The summed E-state index contributed by atoms with van der Waals surface area (Å²) in [6.45, 7) is -0.288. The van der Waals surface area contributed by atoms with Gasteiger partial charge < -0.3 is 11.0 Å². The Labute approximate surface area is 140 Å². The Morgan fingerprint density at radius 2 is 1.07 bits per heavy atom. The third kappa shape index (κ3) is 4.60. The van der Waals surface area contributed by atoms with Crippen molar-refractivity contribution in [3.05, 3.63) is 0 Å². The highest BCUT2D eigenvalue weighted by Gasteiger charge is 2.91. The van der Waals surface area contributed by atoms with Crippen LogP contribution in [-0.2, 0) is 13.6 Å². The third-order valence-electron chi connectivity index (χ3n) is 2.43. The van der Waals surface area contributed by atoms with Crippen molar-refractivity contribution >= 4 is 7.82 Å². The largest absolute Gasteiger partial charge is 0.477 e. The van der Waals surface area contributed by atoms with E-state index in [1.165, 1.54) is 0 Å². The second-order valence-corrected chi connectivity index (χ2v) is 5.67. The van der Waals surface area contributed by atoms with Gasteiger partial charge in [0.25, 0.3) is 0 Å². The SMILES string of the molecule is CCOP(=O)(O)OC(F)(F)C(F)(F)C(F)(F)C(F)(F)C(F)(F)C(F)(F)F.N. The molecule has 0 aromatic heterocycles. The molecule has 1 atom stereocenters. The van der Waals surface area contributed by atoms with Crippen LogP contribution in [0.3, 0.4) is 0 Å². The van der Waals surface area contributed by atoms with Crippen molar-refractivity contribution in [1.82, 2.24) is 6.15 Å². The van der Waals surface area contributed by atoms with Crippen LogP contribution in [0.15, 0.2) is 0 Å². The summed E-state index contributed by atoms with van der Waals surface area (Å²) in [5.41, 5.74) is 0. The minimum Gasteiger partial charge on any atom is -0.344 e. The summed E-state index contributed by atoms with van der Waals surface area (Å²) < 4.78 is 181. The zero-order chi connectivity index (χ0) is 21.6. The Bertz CT molecular complexity index is 563. The van der Waals surface area contributed by atoms with E-state index < -0.39 is 50.4 Å². The van der Waals surface area contributed by atoms with E-state index in [0.717, 1.165) is 6.92 Å². The van der Waals surface area contributed by atoms with Crippen LogP contribution < -0.4 is 6.15 Å². The van der Waals surface area contributed by atoms with Crippen molar-refractivity contribution in [3.63, 3.8) is 0 Å². The zero-order valence-corrected chi connectivity index (χ0v) is 13.3. The first-order valence-electron chi connectivity index (χ1n) is 5.65. The van der Waals surface area contributed by atoms with Gasteiger partial charge >= 0.3 is 43.8 Å². The molecular formula is C8H9F13NO4P. The molecule has 0 saturated carbocycles. The van der Waals surface area contributed by atoms with Crippen LogP contribution >= 0.6 is 7.82 Å². The molecule has 166 valence electrons. The van der Waals surface area contributed by atoms with Crippen molar-refractivity contribution in [1.29, 1.82) is 0 Å². The van der Waals surface area contributed by atoms with Gasteiger partial charge in [0.1, 0.15) is 0 Å². The summed E-state index contributed by atoms with van der Waals surface area (Å²) in [6, 6.07) is 0. The summed E-state index contributed by atoms with van der Waals surface area (Å²) >= 11 is 0. The molecule has 4 N–H and O–H groups in total. The molecule has 1 unspecified atom stereocenters.